The van der Waals surface area contributed by atoms with E-state index in [9.17, 15) is 0 Å². The van der Waals surface area contributed by atoms with Crippen molar-refractivity contribution in [2.75, 3.05) is 6.61 Å². The van der Waals surface area contributed by atoms with Crippen LogP contribution in [0.1, 0.15) is 102 Å². The molecule has 1 aliphatic heterocycles. The standard InChI is InChI=1S/C41H47N3O2/c1-26(2)28-20-29(39-43-41(7,25-45-39)30-12-9-8-10-13-30)22-34(21-28)46-33-19-27(3)18-32(24-33)44-37-16-15-31(40(4,5)6)23-36(37)35-14-11-17-42-38(35)44/h11,14-24,26,30H,8-10,12-13,25H2,1-7H3/t41-/m0/s1. The van der Waals surface area contributed by atoms with Gasteiger partial charge in [0.05, 0.1) is 16.7 Å². The molecular weight excluding hydrogens is 566 g/mol. The molecule has 3 heterocycles. The fraction of sp³-hybridized carbons (Fsp3) is 0.415. The van der Waals surface area contributed by atoms with Crippen molar-refractivity contribution in [2.24, 2.45) is 10.9 Å². The molecular formula is C41H47N3O2. The van der Waals surface area contributed by atoms with E-state index in [0.717, 1.165) is 50.8 Å². The first-order valence-corrected chi connectivity index (χ1v) is 17.1. The smallest absolute Gasteiger partial charge is 0.216 e. The summed E-state index contributed by atoms with van der Waals surface area (Å²) in [5, 5.41) is 2.37. The number of ether oxygens (including phenoxy) is 2. The lowest BCUT2D eigenvalue weighted by Crippen LogP contribution is -2.35. The number of hydrogen-bond donors (Lipinski definition) is 0. The van der Waals surface area contributed by atoms with Crippen LogP contribution in [0.4, 0.5) is 0 Å². The first kappa shape index (κ1) is 30.5. The monoisotopic (exact) mass is 613 g/mol. The van der Waals surface area contributed by atoms with E-state index in [1.165, 1.54) is 48.6 Å². The molecule has 2 aromatic heterocycles. The summed E-state index contributed by atoms with van der Waals surface area (Å²) in [6, 6.07) is 23.9. The summed E-state index contributed by atoms with van der Waals surface area (Å²) in [7, 11) is 0. The molecule has 3 aromatic carbocycles. The van der Waals surface area contributed by atoms with Gasteiger partial charge in [0.25, 0.3) is 0 Å². The summed E-state index contributed by atoms with van der Waals surface area (Å²) in [4.78, 5) is 10.1. The van der Waals surface area contributed by atoms with Crippen molar-refractivity contribution in [2.45, 2.75) is 97.4 Å². The van der Waals surface area contributed by atoms with Crippen molar-refractivity contribution in [3.8, 4) is 17.2 Å². The third kappa shape index (κ3) is 5.70. The number of aromatic nitrogens is 2. The highest BCUT2D eigenvalue weighted by Gasteiger charge is 2.40. The van der Waals surface area contributed by atoms with Crippen molar-refractivity contribution in [3.63, 3.8) is 0 Å². The van der Waals surface area contributed by atoms with Gasteiger partial charge in [0.2, 0.25) is 5.90 Å². The fourth-order valence-electron chi connectivity index (χ4n) is 7.36. The maximum absolute atomic E-state index is 6.70. The number of aryl methyl sites for hydroxylation is 1. The van der Waals surface area contributed by atoms with E-state index in [2.05, 4.69) is 114 Å². The molecule has 5 heteroatoms. The van der Waals surface area contributed by atoms with Crippen molar-refractivity contribution in [3.05, 3.63) is 95.2 Å². The largest absolute Gasteiger partial charge is 0.475 e. The quantitative estimate of drug-likeness (QED) is 0.191. The molecule has 0 unspecified atom stereocenters. The predicted octanol–water partition coefficient (Wildman–Crippen LogP) is 10.8. The Hall–Kier alpha value is -4.12. The van der Waals surface area contributed by atoms with Gasteiger partial charge in [-0.2, -0.15) is 0 Å². The molecule has 1 atom stereocenters. The number of rotatable bonds is 6. The average molecular weight is 614 g/mol. The molecule has 0 spiro atoms. The van der Waals surface area contributed by atoms with Crippen LogP contribution in [0.25, 0.3) is 27.6 Å². The van der Waals surface area contributed by atoms with Crippen LogP contribution in [-0.2, 0) is 10.2 Å². The topological polar surface area (TPSA) is 48.6 Å². The molecule has 46 heavy (non-hydrogen) atoms. The fourth-order valence-corrected chi connectivity index (χ4v) is 7.36. The molecule has 5 nitrogen and oxygen atoms in total. The maximum atomic E-state index is 6.70. The highest BCUT2D eigenvalue weighted by atomic mass is 16.5. The summed E-state index contributed by atoms with van der Waals surface area (Å²) in [5.74, 6) is 3.26. The van der Waals surface area contributed by atoms with E-state index in [0.29, 0.717) is 18.4 Å². The van der Waals surface area contributed by atoms with Gasteiger partial charge >= 0.3 is 0 Å². The summed E-state index contributed by atoms with van der Waals surface area (Å²) < 4.78 is 15.3. The number of hydrogen-bond acceptors (Lipinski definition) is 4. The lowest BCUT2D eigenvalue weighted by Gasteiger charge is -2.32. The minimum absolute atomic E-state index is 0.0577. The maximum Gasteiger partial charge on any atom is 0.216 e. The summed E-state index contributed by atoms with van der Waals surface area (Å²) in [5.41, 5.74) is 7.66. The lowest BCUT2D eigenvalue weighted by molar-refractivity contribution is 0.170. The first-order chi connectivity index (χ1) is 22.0. The van der Waals surface area contributed by atoms with E-state index in [1.54, 1.807) is 0 Å². The van der Waals surface area contributed by atoms with Crippen LogP contribution in [0.15, 0.2) is 77.9 Å². The minimum atomic E-state index is -0.153. The number of fused-ring (bicyclic) bond motifs is 3. The average Bonchev–Trinajstić information content (AvgIpc) is 3.59. The van der Waals surface area contributed by atoms with Crippen LogP contribution in [0, 0.1) is 12.8 Å². The van der Waals surface area contributed by atoms with Gasteiger partial charge < -0.3 is 9.47 Å². The normalized spacial score (nSPS) is 19.2. The highest BCUT2D eigenvalue weighted by molar-refractivity contribution is 6.08. The van der Waals surface area contributed by atoms with E-state index < -0.39 is 0 Å². The van der Waals surface area contributed by atoms with Gasteiger partial charge in [0, 0.05) is 28.6 Å². The SMILES string of the molecule is Cc1cc(Oc2cc(C3=N[C@](C)(C4CCCCC4)CO3)cc(C(C)C)c2)cc(-n2c3ccc(C(C)(C)C)cc3c3cccnc32)c1. The second-order valence-corrected chi connectivity index (χ2v) is 15.1. The second-order valence-electron chi connectivity index (χ2n) is 15.1. The molecule has 0 saturated heterocycles. The number of pyridine rings is 1. The Morgan fingerprint density at radius 2 is 1.70 bits per heavy atom. The molecule has 0 radical (unpaired) electrons. The molecule has 238 valence electrons. The zero-order valence-corrected chi connectivity index (χ0v) is 28.5. The zero-order chi connectivity index (χ0) is 32.2. The molecule has 0 N–H and O–H groups in total. The van der Waals surface area contributed by atoms with Crippen LogP contribution in [-0.4, -0.2) is 27.6 Å². The summed E-state index contributed by atoms with van der Waals surface area (Å²) in [6.07, 6.45) is 8.30. The van der Waals surface area contributed by atoms with E-state index in [1.807, 2.05) is 12.3 Å². The van der Waals surface area contributed by atoms with Gasteiger partial charge in [-0.1, -0.05) is 59.9 Å². The van der Waals surface area contributed by atoms with Crippen LogP contribution < -0.4 is 4.74 Å². The van der Waals surface area contributed by atoms with Crippen LogP contribution in [0.3, 0.4) is 0 Å². The Balaban J connectivity index is 1.27. The van der Waals surface area contributed by atoms with Gasteiger partial charge in [-0.25, -0.2) is 9.98 Å². The van der Waals surface area contributed by atoms with Crippen LogP contribution in [0.2, 0.25) is 0 Å². The summed E-state index contributed by atoms with van der Waals surface area (Å²) >= 11 is 0. The van der Waals surface area contributed by atoms with E-state index in [4.69, 9.17) is 19.5 Å². The Labute approximate surface area is 273 Å². The van der Waals surface area contributed by atoms with Gasteiger partial charge in [-0.3, -0.25) is 4.57 Å². The van der Waals surface area contributed by atoms with Crippen molar-refractivity contribution in [1.82, 2.24) is 9.55 Å². The third-order valence-electron chi connectivity index (χ3n) is 10.1. The predicted molar refractivity (Wildman–Crippen MR) is 190 cm³/mol. The number of aliphatic imine (C=N–C) groups is 1. The van der Waals surface area contributed by atoms with Gasteiger partial charge in [-0.05, 0) is 115 Å². The molecule has 5 aromatic rings. The third-order valence-corrected chi connectivity index (χ3v) is 10.1. The van der Waals surface area contributed by atoms with Crippen LogP contribution in [0.5, 0.6) is 11.5 Å². The molecule has 1 fully saturated rings. The number of benzene rings is 3. The Morgan fingerprint density at radius 3 is 2.46 bits per heavy atom. The molecule has 1 aliphatic carbocycles. The second kappa shape index (κ2) is 11.6. The van der Waals surface area contributed by atoms with Crippen molar-refractivity contribution < 1.29 is 9.47 Å². The lowest BCUT2D eigenvalue weighted by atomic mass is 9.76. The zero-order valence-electron chi connectivity index (χ0n) is 28.5. The summed E-state index contributed by atoms with van der Waals surface area (Å²) in [6.45, 7) is 16.3. The molecule has 2 aliphatic rings. The highest BCUT2D eigenvalue weighted by Crippen LogP contribution is 2.40. The van der Waals surface area contributed by atoms with E-state index in [-0.39, 0.29) is 11.0 Å². The Bertz CT molecular complexity index is 1950. The minimum Gasteiger partial charge on any atom is -0.475 e. The first-order valence-electron chi connectivity index (χ1n) is 17.1. The molecule has 7 rings (SSSR count). The van der Waals surface area contributed by atoms with Gasteiger partial charge in [0.15, 0.2) is 0 Å². The van der Waals surface area contributed by atoms with Gasteiger partial charge in [-0.15, -0.1) is 0 Å². The van der Waals surface area contributed by atoms with Crippen LogP contribution >= 0.6 is 0 Å². The molecule has 0 amide bonds. The van der Waals surface area contributed by atoms with E-state index >= 15 is 0 Å². The Morgan fingerprint density at radius 1 is 0.913 bits per heavy atom. The Kier molecular flexibility index (Phi) is 7.70. The van der Waals surface area contributed by atoms with Crippen molar-refractivity contribution in [1.29, 1.82) is 0 Å². The number of nitrogens with zero attached hydrogens (tertiary/aromatic N) is 3. The van der Waals surface area contributed by atoms with Crippen molar-refractivity contribution >= 4 is 27.8 Å². The molecule has 1 saturated carbocycles. The van der Waals surface area contributed by atoms with Gasteiger partial charge in [0.1, 0.15) is 23.8 Å². The molecule has 0 bridgehead atoms.